The molecule has 1 rings (SSSR count). The van der Waals surface area contributed by atoms with E-state index in [0.29, 0.717) is 0 Å². The van der Waals surface area contributed by atoms with Crippen LogP contribution in [0.3, 0.4) is 0 Å². The van der Waals surface area contributed by atoms with Crippen LogP contribution in [0.25, 0.3) is 0 Å². The fourth-order valence-corrected chi connectivity index (χ4v) is 3.79. The van der Waals surface area contributed by atoms with Gasteiger partial charge in [0.2, 0.25) is 0 Å². The summed E-state index contributed by atoms with van der Waals surface area (Å²) in [5, 5.41) is 10.0. The minimum atomic E-state index is -1.19. The summed E-state index contributed by atoms with van der Waals surface area (Å²) in [7, 11) is 4.90. The van der Waals surface area contributed by atoms with Gasteiger partial charge in [0.25, 0.3) is 0 Å². The van der Waals surface area contributed by atoms with Gasteiger partial charge < -0.3 is 14.4 Å². The number of rotatable bonds is 13. The quantitative estimate of drug-likeness (QED) is 0.447. The van der Waals surface area contributed by atoms with Gasteiger partial charge in [-0.1, -0.05) is 59.4 Å². The van der Waals surface area contributed by atoms with Crippen molar-refractivity contribution in [2.45, 2.75) is 79.1 Å². The van der Waals surface area contributed by atoms with E-state index < -0.39 is 5.97 Å². The van der Waals surface area contributed by atoms with Crippen LogP contribution in [0.5, 0.6) is 0 Å². The Hall–Kier alpha value is -1.42. The smallest absolute Gasteiger partial charge is 0.0811 e. The van der Waals surface area contributed by atoms with E-state index in [1.165, 1.54) is 87.4 Å². The fourth-order valence-electron chi connectivity index (χ4n) is 3.79. The topological polar surface area (TPSA) is 53.0 Å². The van der Waals surface area contributed by atoms with Crippen molar-refractivity contribution in [1.29, 1.82) is 0 Å². The third-order valence-electron chi connectivity index (χ3n) is 5.49. The van der Waals surface area contributed by atoms with Gasteiger partial charge in [-0.2, -0.15) is 0 Å². The Morgan fingerprint density at radius 1 is 1.00 bits per heavy atom. The van der Waals surface area contributed by atoms with Gasteiger partial charge in [-0.05, 0) is 31.7 Å². The van der Waals surface area contributed by atoms with Crippen molar-refractivity contribution in [3.8, 4) is 0 Å². The van der Waals surface area contributed by atoms with Gasteiger partial charge in [0, 0.05) is 29.8 Å². The summed E-state index contributed by atoms with van der Waals surface area (Å²) >= 11 is 0. The third-order valence-corrected chi connectivity index (χ3v) is 5.49. The maximum Gasteiger partial charge on any atom is 0.0811 e. The number of carbonyl (C=O) groups excluding carboxylic acids is 1. The second kappa shape index (κ2) is 15.5. The molecule has 1 aromatic rings. The number of unbranched alkanes of at least 4 members (excludes halogenated alkanes) is 2. The maximum absolute atomic E-state index is 10.0. The molecule has 0 aromatic carbocycles. The Morgan fingerprint density at radius 3 is 1.79 bits per heavy atom. The number of hydrogen-bond acceptors (Lipinski definition) is 3. The van der Waals surface area contributed by atoms with E-state index >= 15 is 0 Å². The van der Waals surface area contributed by atoms with Crippen molar-refractivity contribution in [3.63, 3.8) is 0 Å². The molecule has 0 amide bonds. The highest BCUT2D eigenvalue weighted by molar-refractivity contribution is 5.85. The third kappa shape index (κ3) is 12.9. The number of carboxylic acids is 1. The van der Waals surface area contributed by atoms with Crippen molar-refractivity contribution >= 4 is 5.97 Å². The minimum Gasteiger partial charge on any atom is -0.545 e. The highest BCUT2D eigenvalue weighted by atomic mass is 16.4. The zero-order valence-corrected chi connectivity index (χ0v) is 19.2. The van der Waals surface area contributed by atoms with Gasteiger partial charge in [-0.15, -0.1) is 0 Å². The molecule has 0 fully saturated rings. The number of aromatic nitrogens is 1. The van der Waals surface area contributed by atoms with E-state index in [9.17, 15) is 9.90 Å². The van der Waals surface area contributed by atoms with E-state index in [-0.39, 0.29) is 5.56 Å². The Bertz CT molecular complexity index is 483. The Balaban J connectivity index is 0.000000668. The molecule has 0 bridgehead atoms. The van der Waals surface area contributed by atoms with Crippen LogP contribution in [0.15, 0.2) is 24.5 Å². The highest BCUT2D eigenvalue weighted by Gasteiger charge is 2.24. The second-order valence-corrected chi connectivity index (χ2v) is 8.66. The number of carboxylic acid groups (broad SMARTS) is 1. The summed E-state index contributed by atoms with van der Waals surface area (Å²) in [5.41, 5.74) is 0.109. The molecule has 0 aliphatic rings. The molecule has 0 saturated carbocycles. The largest absolute Gasteiger partial charge is 0.545 e. The van der Waals surface area contributed by atoms with Gasteiger partial charge in [-0.3, -0.25) is 4.98 Å². The van der Waals surface area contributed by atoms with E-state index in [1.54, 1.807) is 6.07 Å². The van der Waals surface area contributed by atoms with E-state index in [4.69, 9.17) is 0 Å². The van der Waals surface area contributed by atoms with Crippen LogP contribution >= 0.6 is 0 Å². The normalized spacial score (nSPS) is 13.4. The number of nitrogens with zero attached hydrogens (tertiary/aromatic N) is 2. The molecule has 0 saturated heterocycles. The average Bonchev–Trinajstić information content (AvgIpc) is 2.69. The number of pyridine rings is 1. The number of carbonyl (C=O) groups is 1. The maximum atomic E-state index is 10.0. The van der Waals surface area contributed by atoms with Crippen LogP contribution in [0.4, 0.5) is 0 Å². The first-order valence-corrected chi connectivity index (χ1v) is 11.2. The standard InChI is InChI=1S/C18H40N.C6H5NO2/c1-7-11-13-17(9-3)15-19(5,6)16-18(10-4)14-12-8-2;8-6(9)5-2-1-3-7-4-5/h17-18H,7-16H2,1-6H3;1-4H,(H,8,9)/q+1;/p-1. The van der Waals surface area contributed by atoms with Gasteiger partial charge in [-0.25, -0.2) is 0 Å². The van der Waals surface area contributed by atoms with Crippen LogP contribution in [-0.2, 0) is 0 Å². The summed E-state index contributed by atoms with van der Waals surface area (Å²) < 4.78 is 1.23. The zero-order valence-electron chi connectivity index (χ0n) is 19.2. The molecule has 4 nitrogen and oxygen atoms in total. The first-order valence-electron chi connectivity index (χ1n) is 11.2. The summed E-state index contributed by atoms with van der Waals surface area (Å²) in [4.78, 5) is 13.6. The molecular formula is C24H44N2O2. The van der Waals surface area contributed by atoms with Crippen LogP contribution in [-0.4, -0.2) is 42.6 Å². The first-order chi connectivity index (χ1) is 13.3. The van der Waals surface area contributed by atoms with Gasteiger partial charge in [0.15, 0.2) is 0 Å². The summed E-state index contributed by atoms with van der Waals surface area (Å²) in [6.45, 7) is 12.1. The highest BCUT2D eigenvalue weighted by Crippen LogP contribution is 2.21. The van der Waals surface area contributed by atoms with Crippen molar-refractivity contribution in [3.05, 3.63) is 30.1 Å². The summed E-state index contributed by atoms with van der Waals surface area (Å²) in [6, 6.07) is 2.98. The van der Waals surface area contributed by atoms with Gasteiger partial charge >= 0.3 is 0 Å². The van der Waals surface area contributed by atoms with Crippen LogP contribution in [0.2, 0.25) is 0 Å². The molecule has 1 heterocycles. The van der Waals surface area contributed by atoms with Gasteiger partial charge in [0.1, 0.15) is 0 Å². The Kier molecular flexibility index (Phi) is 14.7. The Morgan fingerprint density at radius 2 is 1.50 bits per heavy atom. The Labute approximate surface area is 174 Å². The monoisotopic (exact) mass is 392 g/mol. The predicted molar refractivity (Wildman–Crippen MR) is 117 cm³/mol. The van der Waals surface area contributed by atoms with E-state index in [2.05, 4.69) is 46.8 Å². The second-order valence-electron chi connectivity index (χ2n) is 8.66. The molecule has 0 aliphatic carbocycles. The van der Waals surface area contributed by atoms with Crippen molar-refractivity contribution < 1.29 is 14.4 Å². The molecule has 0 spiro atoms. The molecule has 28 heavy (non-hydrogen) atoms. The summed E-state index contributed by atoms with van der Waals surface area (Å²) in [5.74, 6) is 0.667. The average molecular weight is 393 g/mol. The van der Waals surface area contributed by atoms with Crippen LogP contribution in [0, 0.1) is 11.8 Å². The molecule has 4 heteroatoms. The molecule has 0 aliphatic heterocycles. The lowest BCUT2D eigenvalue weighted by atomic mass is 9.95. The number of aromatic carboxylic acids is 1. The van der Waals surface area contributed by atoms with E-state index in [0.717, 1.165) is 11.8 Å². The minimum absolute atomic E-state index is 0.109. The number of hydrogen-bond donors (Lipinski definition) is 0. The predicted octanol–water partition coefficient (Wildman–Crippen LogP) is 4.94. The van der Waals surface area contributed by atoms with Crippen molar-refractivity contribution in [1.82, 2.24) is 4.98 Å². The number of quaternary nitrogens is 1. The lowest BCUT2D eigenvalue weighted by molar-refractivity contribution is -0.897. The zero-order chi connectivity index (χ0) is 21.4. The fraction of sp³-hybridized carbons (Fsp3) is 0.750. The van der Waals surface area contributed by atoms with Crippen LogP contribution in [0.1, 0.15) is 89.4 Å². The van der Waals surface area contributed by atoms with Gasteiger partial charge in [0.05, 0.1) is 33.2 Å². The molecule has 162 valence electrons. The SMILES string of the molecule is CCCCC(CC)C[N+](C)(C)CC(CC)CCCC.O=C([O-])c1cccnc1. The lowest BCUT2D eigenvalue weighted by Gasteiger charge is -2.36. The van der Waals surface area contributed by atoms with E-state index in [1.807, 2.05) is 0 Å². The first kappa shape index (κ1) is 26.6. The molecule has 0 radical (unpaired) electrons. The molecular weight excluding hydrogens is 348 g/mol. The lowest BCUT2D eigenvalue weighted by Crippen LogP contribution is -2.46. The molecule has 2 unspecified atom stereocenters. The molecule has 1 aromatic heterocycles. The van der Waals surface area contributed by atoms with Crippen molar-refractivity contribution in [2.24, 2.45) is 11.8 Å². The van der Waals surface area contributed by atoms with Crippen molar-refractivity contribution in [2.75, 3.05) is 27.2 Å². The summed E-state index contributed by atoms with van der Waals surface area (Å²) in [6.07, 6.45) is 13.8. The van der Waals surface area contributed by atoms with Crippen LogP contribution < -0.4 is 5.11 Å². The molecule has 2 atom stereocenters. The molecule has 0 N–H and O–H groups in total.